The number of hydrogen-bond acceptors (Lipinski definition) is 4. The summed E-state index contributed by atoms with van der Waals surface area (Å²) < 4.78 is 5.45. The lowest BCUT2D eigenvalue weighted by Crippen LogP contribution is -2.42. The van der Waals surface area contributed by atoms with Crippen molar-refractivity contribution in [3.8, 4) is 5.75 Å². The van der Waals surface area contributed by atoms with Gasteiger partial charge in [0.05, 0.1) is 12.6 Å². The molecule has 1 aromatic heterocycles. The minimum atomic E-state index is -0.615. The van der Waals surface area contributed by atoms with Crippen LogP contribution in [0.25, 0.3) is 0 Å². The van der Waals surface area contributed by atoms with Gasteiger partial charge in [-0.3, -0.25) is 4.79 Å². The highest BCUT2D eigenvalue weighted by atomic mass is 16.3. The van der Waals surface area contributed by atoms with Gasteiger partial charge < -0.3 is 20.2 Å². The zero-order valence-electron chi connectivity index (χ0n) is 12.2. The highest BCUT2D eigenvalue weighted by Gasteiger charge is 2.19. The van der Waals surface area contributed by atoms with Gasteiger partial charge >= 0.3 is 0 Å². The summed E-state index contributed by atoms with van der Waals surface area (Å²) in [7, 11) is 1.71. The number of carbonyl (C=O) groups excluding carboxylic acids is 1. The maximum absolute atomic E-state index is 12.2. The number of likely N-dealkylation sites (N-methyl/N-ethyl adjacent to an activating group) is 1. The van der Waals surface area contributed by atoms with Crippen LogP contribution < -0.4 is 5.73 Å². The minimum Gasteiger partial charge on any atom is -0.508 e. The van der Waals surface area contributed by atoms with Gasteiger partial charge in [-0.1, -0.05) is 12.1 Å². The SMILES string of the molecule is Cc1ccc(CN(C)C(=O)[C@@H](N)Cc2ccc(O)cc2)o1. The average Bonchev–Trinajstić information content (AvgIpc) is 2.85. The Morgan fingerprint density at radius 1 is 1.29 bits per heavy atom. The first-order chi connectivity index (χ1) is 9.95. The van der Waals surface area contributed by atoms with E-state index in [1.165, 1.54) is 0 Å². The van der Waals surface area contributed by atoms with Gasteiger partial charge in [0, 0.05) is 7.05 Å². The highest BCUT2D eigenvalue weighted by Crippen LogP contribution is 2.13. The number of amides is 1. The number of phenols is 1. The maximum Gasteiger partial charge on any atom is 0.239 e. The van der Waals surface area contributed by atoms with Gasteiger partial charge in [-0.2, -0.15) is 0 Å². The standard InChI is InChI=1S/C16H20N2O3/c1-11-3-8-14(21-11)10-18(2)16(20)15(17)9-12-4-6-13(19)7-5-12/h3-8,15,19H,9-10,17H2,1-2H3/t15-/m0/s1. The van der Waals surface area contributed by atoms with Crippen molar-refractivity contribution in [2.45, 2.75) is 25.9 Å². The summed E-state index contributed by atoms with van der Waals surface area (Å²) in [4.78, 5) is 13.8. The second-order valence-electron chi connectivity index (χ2n) is 5.18. The molecule has 1 heterocycles. The Balaban J connectivity index is 1.93. The van der Waals surface area contributed by atoms with Gasteiger partial charge in [-0.15, -0.1) is 0 Å². The summed E-state index contributed by atoms with van der Waals surface area (Å²) in [6, 6.07) is 9.80. The molecule has 5 nitrogen and oxygen atoms in total. The number of carbonyl (C=O) groups is 1. The molecule has 0 fully saturated rings. The molecule has 1 atom stereocenters. The molecule has 1 aromatic carbocycles. The molecule has 0 radical (unpaired) electrons. The normalized spacial score (nSPS) is 12.1. The van der Waals surface area contributed by atoms with Gasteiger partial charge in [0.25, 0.3) is 0 Å². The Morgan fingerprint density at radius 2 is 1.95 bits per heavy atom. The van der Waals surface area contributed by atoms with Crippen molar-refractivity contribution >= 4 is 5.91 Å². The molecule has 1 amide bonds. The van der Waals surface area contributed by atoms with Crippen LogP contribution in [-0.4, -0.2) is 29.0 Å². The van der Waals surface area contributed by atoms with Gasteiger partial charge in [0.1, 0.15) is 17.3 Å². The van der Waals surface area contributed by atoms with Crippen LogP contribution in [0.5, 0.6) is 5.75 Å². The fourth-order valence-corrected chi connectivity index (χ4v) is 2.14. The first-order valence-electron chi connectivity index (χ1n) is 6.79. The van der Waals surface area contributed by atoms with Gasteiger partial charge in [0.15, 0.2) is 0 Å². The van der Waals surface area contributed by atoms with Crippen LogP contribution in [0, 0.1) is 6.92 Å². The number of aryl methyl sites for hydroxylation is 1. The summed E-state index contributed by atoms with van der Waals surface area (Å²) in [6.07, 6.45) is 0.431. The molecule has 3 N–H and O–H groups in total. The van der Waals surface area contributed by atoms with Gasteiger partial charge in [0.2, 0.25) is 5.91 Å². The molecule has 112 valence electrons. The molecular weight excluding hydrogens is 268 g/mol. The number of rotatable bonds is 5. The molecule has 0 bridgehead atoms. The molecule has 0 saturated carbocycles. The summed E-state index contributed by atoms with van der Waals surface area (Å²) >= 11 is 0. The topological polar surface area (TPSA) is 79.7 Å². The molecule has 0 unspecified atom stereocenters. The van der Waals surface area contributed by atoms with Crippen LogP contribution in [-0.2, 0) is 17.8 Å². The first kappa shape index (κ1) is 15.1. The molecule has 2 rings (SSSR count). The highest BCUT2D eigenvalue weighted by molar-refractivity contribution is 5.81. The molecule has 0 aliphatic rings. The molecule has 5 heteroatoms. The Morgan fingerprint density at radius 3 is 2.52 bits per heavy atom. The monoisotopic (exact) mass is 288 g/mol. The lowest BCUT2D eigenvalue weighted by atomic mass is 10.1. The number of hydrogen-bond donors (Lipinski definition) is 2. The molecule has 2 aromatic rings. The lowest BCUT2D eigenvalue weighted by molar-refractivity contribution is -0.132. The number of nitrogens with zero attached hydrogens (tertiary/aromatic N) is 1. The third-order valence-electron chi connectivity index (χ3n) is 3.27. The van der Waals surface area contributed by atoms with Crippen LogP contribution in [0.3, 0.4) is 0 Å². The second-order valence-corrected chi connectivity index (χ2v) is 5.18. The maximum atomic E-state index is 12.2. The Hall–Kier alpha value is -2.27. The van der Waals surface area contributed by atoms with Crippen LogP contribution in [0.4, 0.5) is 0 Å². The van der Waals surface area contributed by atoms with Gasteiger partial charge in [-0.05, 0) is 43.2 Å². The molecule has 0 saturated heterocycles. The Bertz CT molecular complexity index is 604. The van der Waals surface area contributed by atoms with E-state index in [1.54, 1.807) is 36.2 Å². The fourth-order valence-electron chi connectivity index (χ4n) is 2.14. The average molecular weight is 288 g/mol. The van der Waals surface area contributed by atoms with Crippen molar-refractivity contribution in [2.24, 2.45) is 5.73 Å². The zero-order valence-corrected chi connectivity index (χ0v) is 12.2. The van der Waals surface area contributed by atoms with Crippen molar-refractivity contribution in [2.75, 3.05) is 7.05 Å². The van der Waals surface area contributed by atoms with Crippen molar-refractivity contribution in [1.29, 1.82) is 0 Å². The van der Waals surface area contributed by atoms with Gasteiger partial charge in [-0.25, -0.2) is 0 Å². The first-order valence-corrected chi connectivity index (χ1v) is 6.79. The van der Waals surface area contributed by atoms with E-state index >= 15 is 0 Å². The number of benzene rings is 1. The van der Waals surface area contributed by atoms with E-state index in [-0.39, 0.29) is 11.7 Å². The molecule has 0 spiro atoms. The predicted octanol–water partition coefficient (Wildman–Crippen LogP) is 1.82. The third-order valence-corrected chi connectivity index (χ3v) is 3.27. The van der Waals surface area contributed by atoms with E-state index in [4.69, 9.17) is 10.2 Å². The van der Waals surface area contributed by atoms with E-state index in [1.807, 2.05) is 19.1 Å². The summed E-state index contributed by atoms with van der Waals surface area (Å²) in [5.41, 5.74) is 6.88. The minimum absolute atomic E-state index is 0.142. The third kappa shape index (κ3) is 4.10. The largest absolute Gasteiger partial charge is 0.508 e. The Kier molecular flexibility index (Phi) is 4.65. The number of nitrogens with two attached hydrogens (primary N) is 1. The zero-order chi connectivity index (χ0) is 15.4. The van der Waals surface area contributed by atoms with E-state index in [2.05, 4.69) is 0 Å². The van der Waals surface area contributed by atoms with Crippen LogP contribution in [0.1, 0.15) is 17.1 Å². The van der Waals surface area contributed by atoms with Crippen molar-refractivity contribution in [3.63, 3.8) is 0 Å². The van der Waals surface area contributed by atoms with E-state index in [0.29, 0.717) is 13.0 Å². The quantitative estimate of drug-likeness (QED) is 0.879. The summed E-state index contributed by atoms with van der Waals surface area (Å²) in [5.74, 6) is 1.61. The Labute approximate surface area is 124 Å². The second kappa shape index (κ2) is 6.45. The molecule has 0 aliphatic heterocycles. The van der Waals surface area contributed by atoms with Crippen molar-refractivity contribution in [1.82, 2.24) is 4.90 Å². The molecular formula is C16H20N2O3. The fraction of sp³-hybridized carbons (Fsp3) is 0.312. The van der Waals surface area contributed by atoms with Crippen LogP contribution in [0.2, 0.25) is 0 Å². The number of phenolic OH excluding ortho intramolecular Hbond substituents is 1. The van der Waals surface area contributed by atoms with E-state index in [9.17, 15) is 9.90 Å². The molecule has 0 aliphatic carbocycles. The van der Waals surface area contributed by atoms with Crippen molar-refractivity contribution in [3.05, 3.63) is 53.5 Å². The van der Waals surface area contributed by atoms with E-state index < -0.39 is 6.04 Å². The van der Waals surface area contributed by atoms with Crippen molar-refractivity contribution < 1.29 is 14.3 Å². The van der Waals surface area contributed by atoms with Crippen LogP contribution in [0.15, 0.2) is 40.8 Å². The lowest BCUT2D eigenvalue weighted by Gasteiger charge is -2.20. The number of furan rings is 1. The number of aromatic hydroxyl groups is 1. The van der Waals surface area contributed by atoms with E-state index in [0.717, 1.165) is 17.1 Å². The summed E-state index contributed by atoms with van der Waals surface area (Å²) in [6.45, 7) is 2.26. The predicted molar refractivity (Wildman–Crippen MR) is 79.7 cm³/mol. The summed E-state index contributed by atoms with van der Waals surface area (Å²) in [5, 5.41) is 9.24. The van der Waals surface area contributed by atoms with Crippen LogP contribution >= 0.6 is 0 Å². The molecule has 21 heavy (non-hydrogen) atoms. The smallest absolute Gasteiger partial charge is 0.239 e.